The minimum Gasteiger partial charge on any atom is -0.548 e. The van der Waals surface area contributed by atoms with Crippen molar-refractivity contribution in [3.8, 4) is 0 Å². The molecule has 24 heavy (non-hydrogen) atoms. The van der Waals surface area contributed by atoms with Crippen molar-refractivity contribution in [3.63, 3.8) is 0 Å². The Balaban J connectivity index is 1.65. The highest BCUT2D eigenvalue weighted by Crippen LogP contribution is 2.19. The van der Waals surface area contributed by atoms with Crippen LogP contribution in [0.25, 0.3) is 10.9 Å². The number of fused-ring (bicyclic) bond motifs is 1. The molecule has 1 amide bonds. The highest BCUT2D eigenvalue weighted by atomic mass is 16.4. The number of aromatic amines is 1. The first kappa shape index (κ1) is 15.8. The highest BCUT2D eigenvalue weighted by Gasteiger charge is 2.15. The van der Waals surface area contributed by atoms with Gasteiger partial charge in [-0.2, -0.15) is 0 Å². The summed E-state index contributed by atoms with van der Waals surface area (Å²) >= 11 is 0. The van der Waals surface area contributed by atoms with E-state index < -0.39 is 12.0 Å². The van der Waals surface area contributed by atoms with Gasteiger partial charge in [-0.3, -0.25) is 4.79 Å². The normalized spacial score (nSPS) is 12.0. The van der Waals surface area contributed by atoms with Crippen molar-refractivity contribution in [1.82, 2.24) is 10.3 Å². The topological polar surface area (TPSA) is 85.0 Å². The van der Waals surface area contributed by atoms with E-state index in [0.29, 0.717) is 12.0 Å². The number of aliphatic carboxylic acids is 1. The second-order valence-electron chi connectivity index (χ2n) is 5.59. The monoisotopic (exact) mass is 321 g/mol. The van der Waals surface area contributed by atoms with Gasteiger partial charge in [0.25, 0.3) is 0 Å². The smallest absolute Gasteiger partial charge is 0.221 e. The quantitative estimate of drug-likeness (QED) is 0.725. The summed E-state index contributed by atoms with van der Waals surface area (Å²) in [5.41, 5.74) is 2.55. The van der Waals surface area contributed by atoms with Crippen LogP contribution in [0.5, 0.6) is 0 Å². The SMILES string of the molecule is O=C(CCc1c[nH]c2ccccc12)N[C@H](C(=O)[O-])c1ccccc1. The van der Waals surface area contributed by atoms with Gasteiger partial charge in [0.2, 0.25) is 5.91 Å². The maximum Gasteiger partial charge on any atom is 0.221 e. The summed E-state index contributed by atoms with van der Waals surface area (Å²) < 4.78 is 0. The molecule has 3 rings (SSSR count). The highest BCUT2D eigenvalue weighted by molar-refractivity contribution is 5.86. The van der Waals surface area contributed by atoms with Crippen LogP contribution in [-0.4, -0.2) is 16.9 Å². The number of nitrogens with one attached hydrogen (secondary N) is 2. The number of benzene rings is 2. The lowest BCUT2D eigenvalue weighted by Crippen LogP contribution is -2.41. The Labute approximate surface area is 139 Å². The van der Waals surface area contributed by atoms with E-state index in [1.165, 1.54) is 0 Å². The standard InChI is InChI=1S/C19H18N2O3/c22-17(21-18(19(23)24)13-6-2-1-3-7-13)11-10-14-12-20-16-9-5-4-8-15(14)16/h1-9,12,18,20H,10-11H2,(H,21,22)(H,23,24)/p-1/t18-/m0/s1. The molecule has 0 bridgehead atoms. The molecule has 2 N–H and O–H groups in total. The third-order valence-corrected chi connectivity index (χ3v) is 3.97. The van der Waals surface area contributed by atoms with Gasteiger partial charge in [0, 0.05) is 23.5 Å². The predicted molar refractivity (Wildman–Crippen MR) is 89.0 cm³/mol. The van der Waals surface area contributed by atoms with Gasteiger partial charge in [-0.25, -0.2) is 0 Å². The largest absolute Gasteiger partial charge is 0.548 e. The first-order valence-corrected chi connectivity index (χ1v) is 7.75. The summed E-state index contributed by atoms with van der Waals surface area (Å²) in [6, 6.07) is 15.3. The van der Waals surface area contributed by atoms with Gasteiger partial charge < -0.3 is 20.2 Å². The second kappa shape index (κ2) is 7.00. The van der Waals surface area contributed by atoms with Crippen LogP contribution in [-0.2, 0) is 16.0 Å². The van der Waals surface area contributed by atoms with Crippen LogP contribution >= 0.6 is 0 Å². The molecular weight excluding hydrogens is 304 g/mol. The molecule has 0 saturated heterocycles. The summed E-state index contributed by atoms with van der Waals surface area (Å²) in [6.07, 6.45) is 2.62. The van der Waals surface area contributed by atoms with Crippen molar-refractivity contribution in [2.24, 2.45) is 0 Å². The molecule has 5 heteroatoms. The van der Waals surface area contributed by atoms with E-state index in [1.807, 2.05) is 30.5 Å². The number of carbonyl (C=O) groups is 2. The third kappa shape index (κ3) is 3.46. The fraction of sp³-hybridized carbons (Fsp3) is 0.158. The number of amides is 1. The predicted octanol–water partition coefficient (Wildman–Crippen LogP) is 1.71. The first-order chi connectivity index (χ1) is 11.6. The number of H-pyrrole nitrogens is 1. The number of carbonyl (C=O) groups excluding carboxylic acids is 2. The summed E-state index contributed by atoms with van der Waals surface area (Å²) in [7, 11) is 0. The molecular formula is C19H17N2O3-. The number of carboxylic acid groups (broad SMARTS) is 1. The molecule has 0 spiro atoms. The number of para-hydroxylation sites is 1. The third-order valence-electron chi connectivity index (χ3n) is 3.97. The van der Waals surface area contributed by atoms with Crippen molar-refractivity contribution < 1.29 is 14.7 Å². The van der Waals surface area contributed by atoms with E-state index >= 15 is 0 Å². The molecule has 122 valence electrons. The molecule has 0 aliphatic rings. The number of hydrogen-bond donors (Lipinski definition) is 2. The lowest BCUT2D eigenvalue weighted by atomic mass is 10.1. The molecule has 1 atom stereocenters. The second-order valence-corrected chi connectivity index (χ2v) is 5.59. The molecule has 0 aliphatic carbocycles. The number of aromatic nitrogens is 1. The Bertz CT molecular complexity index is 855. The fourth-order valence-corrected chi connectivity index (χ4v) is 2.74. The molecule has 0 fully saturated rings. The number of carboxylic acids is 1. The zero-order valence-electron chi connectivity index (χ0n) is 13.0. The van der Waals surface area contributed by atoms with Crippen molar-refractivity contribution >= 4 is 22.8 Å². The summed E-state index contributed by atoms with van der Waals surface area (Å²) in [5, 5.41) is 14.9. The summed E-state index contributed by atoms with van der Waals surface area (Å²) in [4.78, 5) is 26.6. The van der Waals surface area contributed by atoms with Crippen molar-refractivity contribution in [2.45, 2.75) is 18.9 Å². The minimum atomic E-state index is -1.32. The molecule has 1 heterocycles. The molecule has 2 aromatic carbocycles. The van der Waals surface area contributed by atoms with Crippen LogP contribution < -0.4 is 10.4 Å². The number of aryl methyl sites for hydroxylation is 1. The van der Waals surface area contributed by atoms with Crippen molar-refractivity contribution in [2.75, 3.05) is 0 Å². The Hall–Kier alpha value is -3.08. The Morgan fingerprint density at radius 3 is 2.50 bits per heavy atom. The number of hydrogen-bond acceptors (Lipinski definition) is 3. The van der Waals surface area contributed by atoms with E-state index in [1.54, 1.807) is 30.3 Å². The van der Waals surface area contributed by atoms with Crippen LogP contribution in [0.1, 0.15) is 23.6 Å². The first-order valence-electron chi connectivity index (χ1n) is 7.75. The van der Waals surface area contributed by atoms with Gasteiger partial charge in [-0.05, 0) is 23.6 Å². The lowest BCUT2D eigenvalue weighted by molar-refractivity contribution is -0.308. The van der Waals surface area contributed by atoms with Crippen LogP contribution in [0.2, 0.25) is 0 Å². The molecule has 0 saturated carbocycles. The Morgan fingerprint density at radius 2 is 1.75 bits per heavy atom. The summed E-state index contributed by atoms with van der Waals surface area (Å²) in [6.45, 7) is 0. The maximum absolute atomic E-state index is 12.2. The zero-order valence-corrected chi connectivity index (χ0v) is 13.0. The van der Waals surface area contributed by atoms with E-state index in [2.05, 4.69) is 10.3 Å². The van der Waals surface area contributed by atoms with E-state index in [4.69, 9.17) is 0 Å². The van der Waals surface area contributed by atoms with Gasteiger partial charge in [0.15, 0.2) is 0 Å². The maximum atomic E-state index is 12.2. The van der Waals surface area contributed by atoms with E-state index in [-0.39, 0.29) is 12.3 Å². The fourth-order valence-electron chi connectivity index (χ4n) is 2.74. The van der Waals surface area contributed by atoms with Crippen LogP contribution in [0.4, 0.5) is 0 Å². The molecule has 3 aromatic rings. The molecule has 0 radical (unpaired) electrons. The van der Waals surface area contributed by atoms with E-state index in [9.17, 15) is 14.7 Å². The van der Waals surface area contributed by atoms with Gasteiger partial charge in [-0.15, -0.1) is 0 Å². The Kier molecular flexibility index (Phi) is 4.61. The zero-order chi connectivity index (χ0) is 16.9. The molecule has 1 aromatic heterocycles. The summed E-state index contributed by atoms with van der Waals surface area (Å²) in [5.74, 6) is -1.64. The van der Waals surface area contributed by atoms with Crippen LogP contribution in [0.3, 0.4) is 0 Å². The van der Waals surface area contributed by atoms with E-state index in [0.717, 1.165) is 16.5 Å². The molecule has 5 nitrogen and oxygen atoms in total. The average Bonchev–Trinajstić information content (AvgIpc) is 3.01. The van der Waals surface area contributed by atoms with Crippen molar-refractivity contribution in [1.29, 1.82) is 0 Å². The van der Waals surface area contributed by atoms with Gasteiger partial charge >= 0.3 is 0 Å². The van der Waals surface area contributed by atoms with Gasteiger partial charge in [0.05, 0.1) is 12.0 Å². The van der Waals surface area contributed by atoms with Gasteiger partial charge in [-0.1, -0.05) is 48.5 Å². The minimum absolute atomic E-state index is 0.207. The Morgan fingerprint density at radius 1 is 1.04 bits per heavy atom. The van der Waals surface area contributed by atoms with Gasteiger partial charge in [0.1, 0.15) is 0 Å². The average molecular weight is 321 g/mol. The lowest BCUT2D eigenvalue weighted by Gasteiger charge is -2.20. The van der Waals surface area contributed by atoms with Crippen LogP contribution in [0.15, 0.2) is 60.8 Å². The number of rotatable bonds is 6. The molecule has 0 unspecified atom stereocenters. The molecule has 0 aliphatic heterocycles. The van der Waals surface area contributed by atoms with Crippen molar-refractivity contribution in [3.05, 3.63) is 71.9 Å². The van der Waals surface area contributed by atoms with Crippen LogP contribution in [0, 0.1) is 0 Å².